The van der Waals surface area contributed by atoms with E-state index in [-0.39, 0.29) is 5.91 Å². The van der Waals surface area contributed by atoms with E-state index in [9.17, 15) is 4.79 Å². The Morgan fingerprint density at radius 2 is 1.77 bits per heavy atom. The van der Waals surface area contributed by atoms with Gasteiger partial charge in [-0.05, 0) is 64.2 Å². The predicted octanol–water partition coefficient (Wildman–Crippen LogP) is 5.00. The Bertz CT molecular complexity index is 1320. The highest BCUT2D eigenvalue weighted by Crippen LogP contribution is 2.29. The van der Waals surface area contributed by atoms with Crippen LogP contribution >= 0.6 is 0 Å². The molecule has 2 aromatic carbocycles. The maximum atomic E-state index is 13.4. The van der Waals surface area contributed by atoms with Crippen LogP contribution < -0.4 is 0 Å². The lowest BCUT2D eigenvalue weighted by Gasteiger charge is -2.26. The monoisotopic (exact) mass is 469 g/mol. The molecule has 0 bridgehead atoms. The van der Waals surface area contributed by atoms with Crippen LogP contribution in [-0.4, -0.2) is 57.7 Å². The summed E-state index contributed by atoms with van der Waals surface area (Å²) in [5.41, 5.74) is 7.40. The van der Waals surface area contributed by atoms with Crippen molar-refractivity contribution in [2.24, 2.45) is 0 Å². The van der Waals surface area contributed by atoms with Crippen molar-refractivity contribution in [3.05, 3.63) is 83.2 Å². The second-order valence-corrected chi connectivity index (χ2v) is 9.60. The highest BCUT2D eigenvalue weighted by Gasteiger charge is 2.19. The summed E-state index contributed by atoms with van der Waals surface area (Å²) < 4.78 is 1.84. The number of para-hydroxylation sites is 1. The third kappa shape index (κ3) is 6.14. The lowest BCUT2D eigenvalue weighted by Crippen LogP contribution is -2.36. The Hall–Kier alpha value is -3.51. The number of hydrogen-bond donors (Lipinski definition) is 0. The van der Waals surface area contributed by atoms with Gasteiger partial charge in [0.25, 0.3) is 0 Å². The van der Waals surface area contributed by atoms with Crippen molar-refractivity contribution in [2.75, 3.05) is 27.2 Å². The van der Waals surface area contributed by atoms with Crippen molar-refractivity contribution in [3.63, 3.8) is 0 Å². The summed E-state index contributed by atoms with van der Waals surface area (Å²) in [6.07, 6.45) is 2.34. The molecule has 4 aromatic rings. The number of aryl methyl sites for hydroxylation is 4. The first kappa shape index (κ1) is 24.6. The van der Waals surface area contributed by atoms with Crippen LogP contribution in [0.15, 0.2) is 60.8 Å². The number of amides is 1. The minimum absolute atomic E-state index is 0.125. The molecule has 0 spiro atoms. The second kappa shape index (κ2) is 10.8. The van der Waals surface area contributed by atoms with Crippen LogP contribution in [0.3, 0.4) is 0 Å². The van der Waals surface area contributed by atoms with Gasteiger partial charge in [0.1, 0.15) is 0 Å². The van der Waals surface area contributed by atoms with E-state index < -0.39 is 0 Å². The van der Waals surface area contributed by atoms with Crippen molar-refractivity contribution in [1.29, 1.82) is 0 Å². The maximum absolute atomic E-state index is 13.4. The molecule has 0 unspecified atom stereocenters. The molecule has 0 aliphatic carbocycles. The van der Waals surface area contributed by atoms with E-state index in [0.717, 1.165) is 45.5 Å². The lowest BCUT2D eigenvalue weighted by atomic mass is 10.00. The Balaban J connectivity index is 1.69. The fraction of sp³-hybridized carbons (Fsp3) is 0.345. The molecule has 0 saturated heterocycles. The van der Waals surface area contributed by atoms with E-state index in [4.69, 9.17) is 4.98 Å². The van der Waals surface area contributed by atoms with Gasteiger partial charge in [0.05, 0.1) is 16.9 Å². The summed E-state index contributed by atoms with van der Waals surface area (Å²) in [7, 11) is 4.07. The lowest BCUT2D eigenvalue weighted by molar-refractivity contribution is -0.132. The first-order chi connectivity index (χ1) is 16.8. The molecule has 0 fully saturated rings. The SMILES string of the molecule is Cc1cccc(-c2nc3c(C)cccc3cc2CN(CCN(C)C)C(=O)CCn2ccc(C)n2)c1. The summed E-state index contributed by atoms with van der Waals surface area (Å²) >= 11 is 0. The van der Waals surface area contributed by atoms with Gasteiger partial charge in [0.15, 0.2) is 0 Å². The molecular formula is C29H35N5O. The van der Waals surface area contributed by atoms with E-state index in [0.29, 0.717) is 26.1 Å². The summed E-state index contributed by atoms with van der Waals surface area (Å²) in [6, 6.07) is 18.9. The van der Waals surface area contributed by atoms with Crippen LogP contribution in [0.1, 0.15) is 28.8 Å². The van der Waals surface area contributed by atoms with Crippen LogP contribution in [0, 0.1) is 20.8 Å². The smallest absolute Gasteiger partial charge is 0.224 e. The van der Waals surface area contributed by atoms with Crippen molar-refractivity contribution < 1.29 is 4.79 Å². The summed E-state index contributed by atoms with van der Waals surface area (Å²) in [5, 5.41) is 5.53. The number of nitrogens with zero attached hydrogens (tertiary/aromatic N) is 5. The van der Waals surface area contributed by atoms with E-state index in [1.807, 2.05) is 42.9 Å². The van der Waals surface area contributed by atoms with Gasteiger partial charge < -0.3 is 9.80 Å². The van der Waals surface area contributed by atoms with Crippen LogP contribution in [0.5, 0.6) is 0 Å². The van der Waals surface area contributed by atoms with Crippen molar-refractivity contribution >= 4 is 16.8 Å². The molecule has 6 nitrogen and oxygen atoms in total. The number of aromatic nitrogens is 3. The maximum Gasteiger partial charge on any atom is 0.224 e. The largest absolute Gasteiger partial charge is 0.337 e. The minimum Gasteiger partial charge on any atom is -0.337 e. The fourth-order valence-electron chi connectivity index (χ4n) is 4.33. The molecule has 0 saturated carbocycles. The molecule has 1 amide bonds. The van der Waals surface area contributed by atoms with Crippen LogP contribution in [0.4, 0.5) is 0 Å². The molecule has 0 N–H and O–H groups in total. The van der Waals surface area contributed by atoms with Crippen LogP contribution in [-0.2, 0) is 17.9 Å². The standard InChI is InChI=1S/C29H35N5O/c1-21-8-6-10-24(18-21)29-26(19-25-11-7-9-22(2)28(25)30-29)20-33(17-16-32(4)5)27(35)13-15-34-14-12-23(3)31-34/h6-12,14,18-19H,13,15-17,20H2,1-5H3. The molecule has 4 rings (SSSR count). The number of carbonyl (C=O) groups excluding carboxylic acids is 1. The zero-order valence-corrected chi connectivity index (χ0v) is 21.5. The Morgan fingerprint density at radius 1 is 0.971 bits per heavy atom. The van der Waals surface area contributed by atoms with E-state index in [1.165, 1.54) is 5.56 Å². The number of pyridine rings is 1. The van der Waals surface area contributed by atoms with Crippen LogP contribution in [0.25, 0.3) is 22.2 Å². The first-order valence-corrected chi connectivity index (χ1v) is 12.2. The van der Waals surface area contributed by atoms with Gasteiger partial charge in [-0.2, -0.15) is 5.10 Å². The van der Waals surface area contributed by atoms with Crippen molar-refractivity contribution in [2.45, 2.75) is 40.3 Å². The highest BCUT2D eigenvalue weighted by molar-refractivity contribution is 5.86. The second-order valence-electron chi connectivity index (χ2n) is 9.60. The molecular weight excluding hydrogens is 434 g/mol. The van der Waals surface area contributed by atoms with Gasteiger partial charge in [-0.15, -0.1) is 0 Å². The quantitative estimate of drug-likeness (QED) is 0.346. The first-order valence-electron chi connectivity index (χ1n) is 12.2. The number of likely N-dealkylation sites (N-methyl/N-ethyl adjacent to an activating group) is 1. The van der Waals surface area contributed by atoms with E-state index in [2.05, 4.69) is 72.4 Å². The number of fused-ring (bicyclic) bond motifs is 1. The molecule has 0 radical (unpaired) electrons. The van der Waals surface area contributed by atoms with Crippen LogP contribution in [0.2, 0.25) is 0 Å². The average Bonchev–Trinajstić information content (AvgIpc) is 3.25. The summed E-state index contributed by atoms with van der Waals surface area (Å²) in [4.78, 5) is 22.6. The highest BCUT2D eigenvalue weighted by atomic mass is 16.2. The molecule has 6 heteroatoms. The van der Waals surface area contributed by atoms with Gasteiger partial charge in [0.2, 0.25) is 5.91 Å². The number of benzene rings is 2. The van der Waals surface area contributed by atoms with Gasteiger partial charge in [-0.1, -0.05) is 42.0 Å². The average molecular weight is 470 g/mol. The zero-order valence-electron chi connectivity index (χ0n) is 21.5. The Labute approximate surface area is 208 Å². The fourth-order valence-corrected chi connectivity index (χ4v) is 4.33. The molecule has 0 aliphatic heterocycles. The third-order valence-corrected chi connectivity index (χ3v) is 6.28. The van der Waals surface area contributed by atoms with E-state index in [1.54, 1.807) is 0 Å². The van der Waals surface area contributed by atoms with Gasteiger partial charge in [-0.25, -0.2) is 4.98 Å². The van der Waals surface area contributed by atoms with Gasteiger partial charge in [0, 0.05) is 49.7 Å². The summed E-state index contributed by atoms with van der Waals surface area (Å²) in [6.45, 7) is 8.70. The Kier molecular flexibility index (Phi) is 7.61. The molecule has 0 aliphatic rings. The normalized spacial score (nSPS) is 11.4. The topological polar surface area (TPSA) is 54.3 Å². The molecule has 2 heterocycles. The third-order valence-electron chi connectivity index (χ3n) is 6.28. The summed E-state index contributed by atoms with van der Waals surface area (Å²) in [5.74, 6) is 0.125. The number of rotatable bonds is 9. The molecule has 2 aromatic heterocycles. The van der Waals surface area contributed by atoms with E-state index >= 15 is 0 Å². The number of carbonyl (C=O) groups is 1. The predicted molar refractivity (Wildman–Crippen MR) is 142 cm³/mol. The Morgan fingerprint density at radius 3 is 2.49 bits per heavy atom. The van der Waals surface area contributed by atoms with Crippen molar-refractivity contribution in [3.8, 4) is 11.3 Å². The number of hydrogen-bond acceptors (Lipinski definition) is 4. The van der Waals surface area contributed by atoms with Gasteiger partial charge in [-0.3, -0.25) is 9.48 Å². The molecule has 0 atom stereocenters. The molecule has 182 valence electrons. The van der Waals surface area contributed by atoms with Gasteiger partial charge >= 0.3 is 0 Å². The minimum atomic E-state index is 0.125. The molecule has 35 heavy (non-hydrogen) atoms. The zero-order chi connectivity index (χ0) is 24.9. The van der Waals surface area contributed by atoms with Crippen molar-refractivity contribution in [1.82, 2.24) is 24.6 Å².